The highest BCUT2D eigenvalue weighted by Crippen LogP contribution is 2.26. The molecule has 0 aliphatic carbocycles. The molecule has 94 valence electrons. The Hall–Kier alpha value is -1.16. The Bertz CT molecular complexity index is 393. The van der Waals surface area contributed by atoms with Gasteiger partial charge in [0, 0.05) is 16.3 Å². The van der Waals surface area contributed by atoms with Gasteiger partial charge in [0.1, 0.15) is 0 Å². The van der Waals surface area contributed by atoms with Crippen molar-refractivity contribution in [2.24, 2.45) is 5.92 Å². The van der Waals surface area contributed by atoms with E-state index in [9.17, 15) is 4.79 Å². The number of rotatable bonds is 5. The second kappa shape index (κ2) is 6.55. The number of carbonyl (C=O) groups is 1. The summed E-state index contributed by atoms with van der Waals surface area (Å²) < 4.78 is 4.97. The zero-order valence-corrected chi connectivity index (χ0v) is 11.3. The van der Waals surface area contributed by atoms with E-state index in [0.717, 1.165) is 21.9 Å². The minimum absolute atomic E-state index is 0.0862. The van der Waals surface area contributed by atoms with Gasteiger partial charge in [0.05, 0.1) is 12.5 Å². The van der Waals surface area contributed by atoms with Crippen LogP contribution in [0.15, 0.2) is 23.1 Å². The van der Waals surface area contributed by atoms with Crippen LogP contribution in [0.2, 0.25) is 0 Å². The number of anilines is 1. The molecule has 0 aromatic heterocycles. The predicted molar refractivity (Wildman–Crippen MR) is 72.1 cm³/mol. The maximum absolute atomic E-state index is 11.4. The van der Waals surface area contributed by atoms with Crippen molar-refractivity contribution in [3.05, 3.63) is 23.8 Å². The summed E-state index contributed by atoms with van der Waals surface area (Å²) in [6, 6.07) is 5.81. The van der Waals surface area contributed by atoms with Crippen LogP contribution in [0.4, 0.5) is 5.69 Å². The van der Waals surface area contributed by atoms with Gasteiger partial charge >= 0.3 is 5.97 Å². The van der Waals surface area contributed by atoms with E-state index in [4.69, 9.17) is 10.5 Å². The average molecular weight is 253 g/mol. The van der Waals surface area contributed by atoms with Gasteiger partial charge in [0.25, 0.3) is 0 Å². The standard InChI is InChI=1S/C13H19NO2S/c1-4-16-13(15)10(3)8-17-12-6-5-11(14)7-9(12)2/h5-7,10H,4,8,14H2,1-3H3. The first-order valence-electron chi connectivity index (χ1n) is 5.70. The first-order chi connectivity index (χ1) is 8.04. The Morgan fingerprint density at radius 3 is 2.82 bits per heavy atom. The summed E-state index contributed by atoms with van der Waals surface area (Å²) in [7, 11) is 0. The Morgan fingerprint density at radius 2 is 2.24 bits per heavy atom. The van der Waals surface area contributed by atoms with Gasteiger partial charge in [-0.1, -0.05) is 6.92 Å². The third-order valence-electron chi connectivity index (χ3n) is 2.38. The molecule has 0 radical (unpaired) electrons. The van der Waals surface area contributed by atoms with Crippen LogP contribution in [0.1, 0.15) is 19.4 Å². The lowest BCUT2D eigenvalue weighted by molar-refractivity contribution is -0.146. The number of ether oxygens (including phenoxy) is 1. The molecular weight excluding hydrogens is 234 g/mol. The normalized spacial score (nSPS) is 12.2. The highest BCUT2D eigenvalue weighted by molar-refractivity contribution is 7.99. The van der Waals surface area contributed by atoms with Crippen molar-refractivity contribution >= 4 is 23.4 Å². The fraction of sp³-hybridized carbons (Fsp3) is 0.462. The van der Waals surface area contributed by atoms with E-state index < -0.39 is 0 Å². The summed E-state index contributed by atoms with van der Waals surface area (Å²) >= 11 is 1.66. The second-order valence-electron chi connectivity index (χ2n) is 3.99. The second-order valence-corrected chi connectivity index (χ2v) is 5.05. The largest absolute Gasteiger partial charge is 0.466 e. The molecule has 0 aliphatic heterocycles. The molecule has 0 fully saturated rings. The quantitative estimate of drug-likeness (QED) is 0.498. The average Bonchev–Trinajstić information content (AvgIpc) is 2.27. The fourth-order valence-electron chi connectivity index (χ4n) is 1.40. The number of esters is 1. The fourth-order valence-corrected chi connectivity index (χ4v) is 2.42. The van der Waals surface area contributed by atoms with Gasteiger partial charge < -0.3 is 10.5 Å². The number of thioether (sulfide) groups is 1. The first-order valence-corrected chi connectivity index (χ1v) is 6.68. The van der Waals surface area contributed by atoms with E-state index in [1.807, 2.05) is 39.0 Å². The molecule has 0 aliphatic rings. The number of carbonyl (C=O) groups excluding carboxylic acids is 1. The predicted octanol–water partition coefficient (Wildman–Crippen LogP) is 2.87. The van der Waals surface area contributed by atoms with Crippen molar-refractivity contribution in [2.45, 2.75) is 25.7 Å². The van der Waals surface area contributed by atoms with Crippen LogP contribution >= 0.6 is 11.8 Å². The van der Waals surface area contributed by atoms with E-state index in [1.165, 1.54) is 0 Å². The third-order valence-corrected chi connectivity index (χ3v) is 3.81. The molecule has 3 nitrogen and oxygen atoms in total. The number of hydrogen-bond donors (Lipinski definition) is 1. The van der Waals surface area contributed by atoms with Crippen LogP contribution in [0.3, 0.4) is 0 Å². The van der Waals surface area contributed by atoms with E-state index in [2.05, 4.69) is 0 Å². The van der Waals surface area contributed by atoms with Crippen molar-refractivity contribution in [1.29, 1.82) is 0 Å². The molecule has 0 amide bonds. The molecule has 0 saturated heterocycles. The molecule has 0 bridgehead atoms. The monoisotopic (exact) mass is 253 g/mol. The topological polar surface area (TPSA) is 52.3 Å². The van der Waals surface area contributed by atoms with Gasteiger partial charge in [-0.05, 0) is 37.6 Å². The summed E-state index contributed by atoms with van der Waals surface area (Å²) in [5.74, 6) is 0.508. The van der Waals surface area contributed by atoms with Crippen molar-refractivity contribution in [3.63, 3.8) is 0 Å². The van der Waals surface area contributed by atoms with E-state index in [-0.39, 0.29) is 11.9 Å². The van der Waals surface area contributed by atoms with E-state index in [0.29, 0.717) is 6.61 Å². The van der Waals surface area contributed by atoms with Crippen molar-refractivity contribution in [2.75, 3.05) is 18.1 Å². The molecule has 1 atom stereocenters. The van der Waals surface area contributed by atoms with Gasteiger partial charge in [-0.25, -0.2) is 0 Å². The number of benzene rings is 1. The molecule has 1 aromatic rings. The minimum Gasteiger partial charge on any atom is -0.466 e. The molecule has 0 saturated carbocycles. The molecule has 0 heterocycles. The van der Waals surface area contributed by atoms with Crippen LogP contribution in [0.5, 0.6) is 0 Å². The Labute approximate surface area is 107 Å². The Kier molecular flexibility index (Phi) is 5.35. The lowest BCUT2D eigenvalue weighted by Gasteiger charge is -2.11. The van der Waals surface area contributed by atoms with Crippen molar-refractivity contribution < 1.29 is 9.53 Å². The van der Waals surface area contributed by atoms with Crippen LogP contribution in [-0.4, -0.2) is 18.3 Å². The van der Waals surface area contributed by atoms with Crippen LogP contribution in [0, 0.1) is 12.8 Å². The van der Waals surface area contributed by atoms with Crippen LogP contribution < -0.4 is 5.73 Å². The van der Waals surface area contributed by atoms with Gasteiger partial charge in [-0.15, -0.1) is 11.8 Å². The van der Waals surface area contributed by atoms with Crippen molar-refractivity contribution in [1.82, 2.24) is 0 Å². The molecule has 4 heteroatoms. The zero-order valence-electron chi connectivity index (χ0n) is 10.5. The Balaban J connectivity index is 2.52. The number of aryl methyl sites for hydroxylation is 1. The van der Waals surface area contributed by atoms with Gasteiger partial charge in [0.2, 0.25) is 0 Å². The highest BCUT2D eigenvalue weighted by atomic mass is 32.2. The number of hydrogen-bond acceptors (Lipinski definition) is 4. The molecule has 1 rings (SSSR count). The van der Waals surface area contributed by atoms with Crippen molar-refractivity contribution in [3.8, 4) is 0 Å². The number of nitrogens with two attached hydrogens (primary N) is 1. The number of nitrogen functional groups attached to an aromatic ring is 1. The third kappa shape index (κ3) is 4.30. The molecule has 1 unspecified atom stereocenters. The highest BCUT2D eigenvalue weighted by Gasteiger charge is 2.14. The Morgan fingerprint density at radius 1 is 1.53 bits per heavy atom. The molecule has 2 N–H and O–H groups in total. The van der Waals surface area contributed by atoms with Crippen LogP contribution in [0.25, 0.3) is 0 Å². The van der Waals surface area contributed by atoms with E-state index in [1.54, 1.807) is 11.8 Å². The van der Waals surface area contributed by atoms with Gasteiger partial charge in [-0.3, -0.25) is 4.79 Å². The lowest BCUT2D eigenvalue weighted by Crippen LogP contribution is -2.16. The van der Waals surface area contributed by atoms with E-state index >= 15 is 0 Å². The summed E-state index contributed by atoms with van der Waals surface area (Å²) in [5, 5.41) is 0. The van der Waals surface area contributed by atoms with Crippen LogP contribution in [-0.2, 0) is 9.53 Å². The maximum atomic E-state index is 11.4. The lowest BCUT2D eigenvalue weighted by atomic mass is 10.2. The van der Waals surface area contributed by atoms with Gasteiger partial charge in [0.15, 0.2) is 0 Å². The molecule has 0 spiro atoms. The summed E-state index contributed by atoms with van der Waals surface area (Å²) in [6.07, 6.45) is 0. The summed E-state index contributed by atoms with van der Waals surface area (Å²) in [6.45, 7) is 6.17. The smallest absolute Gasteiger partial charge is 0.309 e. The van der Waals surface area contributed by atoms with Gasteiger partial charge in [-0.2, -0.15) is 0 Å². The maximum Gasteiger partial charge on any atom is 0.309 e. The molecular formula is C13H19NO2S. The summed E-state index contributed by atoms with van der Waals surface area (Å²) in [5.41, 5.74) is 7.60. The molecule has 1 aromatic carbocycles. The minimum atomic E-state index is -0.131. The summed E-state index contributed by atoms with van der Waals surface area (Å²) in [4.78, 5) is 12.6. The zero-order chi connectivity index (χ0) is 12.8. The first kappa shape index (κ1) is 13.9. The molecule has 17 heavy (non-hydrogen) atoms. The SMILES string of the molecule is CCOC(=O)C(C)CSc1ccc(N)cc1C.